The number of ether oxygens (including phenoxy) is 4. The summed E-state index contributed by atoms with van der Waals surface area (Å²) in [5, 5.41) is 0. The van der Waals surface area contributed by atoms with Crippen LogP contribution in [0.1, 0.15) is 50.5 Å². The van der Waals surface area contributed by atoms with Gasteiger partial charge in [-0.25, -0.2) is 9.37 Å². The Morgan fingerprint density at radius 3 is 2.20 bits per heavy atom. The summed E-state index contributed by atoms with van der Waals surface area (Å²) in [5.41, 5.74) is 4.50. The van der Waals surface area contributed by atoms with E-state index in [1.54, 1.807) is 12.1 Å². The lowest BCUT2D eigenvalue weighted by Gasteiger charge is -2.17. The maximum absolute atomic E-state index is 13.5. The van der Waals surface area contributed by atoms with Gasteiger partial charge in [-0.2, -0.15) is 0 Å². The van der Waals surface area contributed by atoms with Crippen LogP contribution in [-0.2, 0) is 25.5 Å². The number of esters is 2. The van der Waals surface area contributed by atoms with E-state index in [1.165, 1.54) is 26.4 Å². The first kappa shape index (κ1) is 34.2. The number of pyridine rings is 1. The number of halogens is 1. The molecule has 0 N–H and O–H groups in total. The van der Waals surface area contributed by atoms with Crippen molar-refractivity contribution >= 4 is 11.9 Å². The SMILES string of the molecule is COC(=O)CCCOc1ccccc1CC(CCCCCCOc1cc(-c2ccccc2)cc(-c2ccc(F)cc2)n1)C(=O)OC. The highest BCUT2D eigenvalue weighted by Crippen LogP contribution is 2.29. The molecule has 0 radical (unpaired) electrons. The maximum Gasteiger partial charge on any atom is 0.308 e. The van der Waals surface area contributed by atoms with Crippen LogP contribution in [0.3, 0.4) is 0 Å². The topological polar surface area (TPSA) is 84.0 Å². The van der Waals surface area contributed by atoms with E-state index in [9.17, 15) is 14.0 Å². The van der Waals surface area contributed by atoms with Crippen molar-refractivity contribution in [3.8, 4) is 34.0 Å². The monoisotopic (exact) mass is 627 g/mol. The largest absolute Gasteiger partial charge is 0.493 e. The molecule has 0 saturated heterocycles. The van der Waals surface area contributed by atoms with Gasteiger partial charge < -0.3 is 18.9 Å². The Morgan fingerprint density at radius 1 is 0.717 bits per heavy atom. The summed E-state index contributed by atoms with van der Waals surface area (Å²) in [7, 11) is 2.79. The molecular weight excluding hydrogens is 585 g/mol. The zero-order valence-corrected chi connectivity index (χ0v) is 26.6. The third-order valence-corrected chi connectivity index (χ3v) is 7.73. The maximum atomic E-state index is 13.5. The lowest BCUT2D eigenvalue weighted by Crippen LogP contribution is -2.19. The summed E-state index contributed by atoms with van der Waals surface area (Å²) in [6.45, 7) is 0.895. The number of hydrogen-bond acceptors (Lipinski definition) is 7. The van der Waals surface area contributed by atoms with Crippen LogP contribution < -0.4 is 9.47 Å². The lowest BCUT2D eigenvalue weighted by atomic mass is 9.93. The molecule has 0 spiro atoms. The van der Waals surface area contributed by atoms with Gasteiger partial charge in [0.1, 0.15) is 11.6 Å². The normalized spacial score (nSPS) is 11.5. The van der Waals surface area contributed by atoms with Crippen LogP contribution in [0.4, 0.5) is 4.39 Å². The molecule has 46 heavy (non-hydrogen) atoms. The van der Waals surface area contributed by atoms with E-state index in [0.29, 0.717) is 50.5 Å². The molecule has 0 bridgehead atoms. The number of rotatable bonds is 18. The number of methoxy groups -OCH3 is 2. The summed E-state index contributed by atoms with van der Waals surface area (Å²) in [4.78, 5) is 28.7. The molecule has 8 heteroatoms. The number of carbonyl (C=O) groups is 2. The van der Waals surface area contributed by atoms with Crippen LogP contribution in [0, 0.1) is 11.7 Å². The molecule has 4 aromatic rings. The Kier molecular flexibility index (Phi) is 13.6. The fourth-order valence-electron chi connectivity index (χ4n) is 5.22. The molecule has 0 aliphatic rings. The van der Waals surface area contributed by atoms with Gasteiger partial charge in [0.25, 0.3) is 0 Å². The third-order valence-electron chi connectivity index (χ3n) is 7.73. The molecule has 0 aliphatic heterocycles. The van der Waals surface area contributed by atoms with Gasteiger partial charge in [0.15, 0.2) is 0 Å². The van der Waals surface area contributed by atoms with Crippen LogP contribution in [0.5, 0.6) is 11.6 Å². The molecular formula is C38H42FNO6. The zero-order chi connectivity index (χ0) is 32.6. The molecule has 7 nitrogen and oxygen atoms in total. The molecule has 0 amide bonds. The first-order valence-corrected chi connectivity index (χ1v) is 15.8. The molecule has 1 aromatic heterocycles. The first-order chi connectivity index (χ1) is 22.5. The summed E-state index contributed by atoms with van der Waals surface area (Å²) in [6, 6.07) is 27.9. The molecule has 1 unspecified atom stereocenters. The Bertz CT molecular complexity index is 1530. The Hall–Kier alpha value is -4.72. The minimum atomic E-state index is -0.291. The molecule has 0 aliphatic carbocycles. The zero-order valence-electron chi connectivity index (χ0n) is 26.6. The van der Waals surface area contributed by atoms with Crippen LogP contribution in [0.2, 0.25) is 0 Å². The molecule has 3 aromatic carbocycles. The van der Waals surface area contributed by atoms with Crippen molar-refractivity contribution in [2.24, 2.45) is 5.92 Å². The van der Waals surface area contributed by atoms with Gasteiger partial charge in [-0.15, -0.1) is 0 Å². The van der Waals surface area contributed by atoms with Gasteiger partial charge in [-0.05, 0) is 78.8 Å². The molecule has 1 atom stereocenters. The van der Waals surface area contributed by atoms with Gasteiger partial charge in [0.05, 0.1) is 39.0 Å². The van der Waals surface area contributed by atoms with Crippen molar-refractivity contribution < 1.29 is 32.9 Å². The van der Waals surface area contributed by atoms with Crippen molar-refractivity contribution in [2.75, 3.05) is 27.4 Å². The van der Waals surface area contributed by atoms with Gasteiger partial charge >= 0.3 is 11.9 Å². The van der Waals surface area contributed by atoms with E-state index in [-0.39, 0.29) is 23.7 Å². The number of aromatic nitrogens is 1. The van der Waals surface area contributed by atoms with Gasteiger partial charge in [-0.3, -0.25) is 9.59 Å². The quantitative estimate of drug-likeness (QED) is 0.0811. The molecule has 1 heterocycles. The van der Waals surface area contributed by atoms with Crippen LogP contribution >= 0.6 is 0 Å². The summed E-state index contributed by atoms with van der Waals surface area (Å²) < 4.78 is 35.4. The van der Waals surface area contributed by atoms with Crippen molar-refractivity contribution in [3.05, 3.63) is 102 Å². The van der Waals surface area contributed by atoms with E-state index >= 15 is 0 Å². The summed E-state index contributed by atoms with van der Waals surface area (Å²) in [5.74, 6) is 0.170. The second kappa shape index (κ2) is 18.3. The third kappa shape index (κ3) is 10.7. The number of hydrogen-bond donors (Lipinski definition) is 0. The standard InChI is InChI=1S/C38H42FNO6/c1-43-37(41)18-12-24-45-35-17-10-9-15-30(35)25-31(38(42)44-2)16-6-3-4-11-23-46-36-27-32(28-13-7-5-8-14-28)26-34(40-36)29-19-21-33(39)22-20-29/h5,7-10,13-15,17,19-22,26-27,31H,3-4,6,11-12,16,18,23-25H2,1-2H3. The predicted molar refractivity (Wildman–Crippen MR) is 176 cm³/mol. The average molecular weight is 628 g/mol. The number of carbonyl (C=O) groups excluding carboxylic acids is 2. The van der Waals surface area contributed by atoms with Crippen LogP contribution in [0.25, 0.3) is 22.4 Å². The van der Waals surface area contributed by atoms with Gasteiger partial charge in [-0.1, -0.05) is 67.8 Å². The molecule has 0 fully saturated rings. The number of para-hydroxylation sites is 1. The van der Waals surface area contributed by atoms with Gasteiger partial charge in [0.2, 0.25) is 5.88 Å². The highest BCUT2D eigenvalue weighted by Gasteiger charge is 2.21. The Morgan fingerprint density at radius 2 is 1.43 bits per heavy atom. The van der Waals surface area contributed by atoms with E-state index < -0.39 is 0 Å². The van der Waals surface area contributed by atoms with Crippen LogP contribution in [-0.4, -0.2) is 44.4 Å². The minimum Gasteiger partial charge on any atom is -0.493 e. The highest BCUT2D eigenvalue weighted by atomic mass is 19.1. The fraction of sp³-hybridized carbons (Fsp3) is 0.342. The van der Waals surface area contributed by atoms with E-state index in [2.05, 4.69) is 4.74 Å². The van der Waals surface area contributed by atoms with Crippen molar-refractivity contribution in [2.45, 2.75) is 51.4 Å². The number of nitrogens with zero attached hydrogens (tertiary/aromatic N) is 1. The number of unbranched alkanes of at least 4 members (excludes halogenated alkanes) is 3. The van der Waals surface area contributed by atoms with E-state index in [4.69, 9.17) is 19.2 Å². The average Bonchev–Trinajstić information content (AvgIpc) is 3.09. The summed E-state index contributed by atoms with van der Waals surface area (Å²) >= 11 is 0. The van der Waals surface area contributed by atoms with E-state index in [1.807, 2.05) is 66.7 Å². The minimum absolute atomic E-state index is 0.231. The first-order valence-electron chi connectivity index (χ1n) is 15.8. The second-order valence-electron chi connectivity index (χ2n) is 11.1. The lowest BCUT2D eigenvalue weighted by molar-refractivity contribution is -0.145. The van der Waals surface area contributed by atoms with Crippen molar-refractivity contribution in [3.63, 3.8) is 0 Å². The molecule has 0 saturated carbocycles. The number of benzene rings is 3. The van der Waals surface area contributed by atoms with Gasteiger partial charge in [0, 0.05) is 18.1 Å². The fourth-order valence-corrected chi connectivity index (χ4v) is 5.22. The second-order valence-corrected chi connectivity index (χ2v) is 11.1. The van der Waals surface area contributed by atoms with Crippen molar-refractivity contribution in [1.29, 1.82) is 0 Å². The predicted octanol–water partition coefficient (Wildman–Crippen LogP) is 8.25. The Labute approximate surface area is 270 Å². The molecule has 4 rings (SSSR count). The summed E-state index contributed by atoms with van der Waals surface area (Å²) in [6.07, 6.45) is 5.66. The smallest absolute Gasteiger partial charge is 0.308 e. The van der Waals surface area contributed by atoms with E-state index in [0.717, 1.165) is 53.6 Å². The highest BCUT2D eigenvalue weighted by molar-refractivity contribution is 5.73. The molecule has 242 valence electrons. The van der Waals surface area contributed by atoms with Crippen LogP contribution in [0.15, 0.2) is 91.0 Å². The Balaban J connectivity index is 1.27. The van der Waals surface area contributed by atoms with Crippen molar-refractivity contribution in [1.82, 2.24) is 4.98 Å².